The predicted molar refractivity (Wildman–Crippen MR) is 102 cm³/mol. The van der Waals surface area contributed by atoms with E-state index in [1.54, 1.807) is 13.2 Å². The third-order valence-electron chi connectivity index (χ3n) is 4.93. The third kappa shape index (κ3) is 3.52. The summed E-state index contributed by atoms with van der Waals surface area (Å²) < 4.78 is 10.3. The average Bonchev–Trinajstić information content (AvgIpc) is 2.56. The van der Waals surface area contributed by atoms with E-state index in [4.69, 9.17) is 9.47 Å². The maximum absolute atomic E-state index is 12.6. The summed E-state index contributed by atoms with van der Waals surface area (Å²) in [6, 6.07) is 5.75. The number of esters is 1. The van der Waals surface area contributed by atoms with Crippen molar-refractivity contribution >= 4 is 17.4 Å². The van der Waals surface area contributed by atoms with Crippen LogP contribution in [0.25, 0.3) is 5.57 Å². The Morgan fingerprint density at radius 1 is 1.23 bits per heavy atom. The number of benzene rings is 1. The molecule has 0 saturated heterocycles. The van der Waals surface area contributed by atoms with Gasteiger partial charge in [-0.1, -0.05) is 26.5 Å². The molecule has 1 amide bonds. The van der Waals surface area contributed by atoms with Gasteiger partial charge in [0.2, 0.25) is 5.91 Å². The molecule has 0 fully saturated rings. The average molecular weight is 357 g/mol. The molecule has 140 valence electrons. The van der Waals surface area contributed by atoms with E-state index < -0.39 is 16.9 Å². The maximum Gasteiger partial charge on any atom is 0.335 e. The molecular formula is C21H27NO4. The number of carbonyl (C=O) groups is 2. The molecule has 0 bridgehead atoms. The Labute approximate surface area is 155 Å². The Hall–Kier alpha value is -2.56. The zero-order chi connectivity index (χ0) is 19.7. The van der Waals surface area contributed by atoms with E-state index in [2.05, 4.69) is 11.9 Å². The molecular weight excluding hydrogens is 330 g/mol. The van der Waals surface area contributed by atoms with Crippen molar-refractivity contribution < 1.29 is 19.1 Å². The van der Waals surface area contributed by atoms with Gasteiger partial charge in [-0.3, -0.25) is 4.79 Å². The molecule has 1 aliphatic carbocycles. The zero-order valence-electron chi connectivity index (χ0n) is 16.4. The number of ether oxygens (including phenoxy) is 2. The summed E-state index contributed by atoms with van der Waals surface area (Å²) in [7, 11) is 2.95. The van der Waals surface area contributed by atoms with E-state index in [0.717, 1.165) is 28.0 Å². The van der Waals surface area contributed by atoms with Crippen molar-refractivity contribution in [3.8, 4) is 5.75 Å². The van der Waals surface area contributed by atoms with Crippen LogP contribution >= 0.6 is 0 Å². The van der Waals surface area contributed by atoms with Gasteiger partial charge in [0, 0.05) is 6.92 Å². The van der Waals surface area contributed by atoms with E-state index in [0.29, 0.717) is 6.42 Å². The van der Waals surface area contributed by atoms with E-state index in [-0.39, 0.29) is 5.91 Å². The molecule has 0 saturated carbocycles. The van der Waals surface area contributed by atoms with Gasteiger partial charge < -0.3 is 14.8 Å². The summed E-state index contributed by atoms with van der Waals surface area (Å²) >= 11 is 0. The second-order valence-electron chi connectivity index (χ2n) is 7.42. The number of nitrogens with one attached hydrogen (secondary N) is 1. The van der Waals surface area contributed by atoms with Crippen molar-refractivity contribution in [1.82, 2.24) is 5.32 Å². The molecule has 1 aromatic rings. The van der Waals surface area contributed by atoms with Crippen LogP contribution in [0, 0.1) is 12.3 Å². The highest BCUT2D eigenvalue weighted by molar-refractivity contribution is 5.95. The molecule has 1 N–H and O–H groups in total. The van der Waals surface area contributed by atoms with Gasteiger partial charge in [-0.25, -0.2) is 4.79 Å². The van der Waals surface area contributed by atoms with Crippen LogP contribution in [-0.4, -0.2) is 31.6 Å². The van der Waals surface area contributed by atoms with Crippen LogP contribution in [0.2, 0.25) is 0 Å². The normalized spacial score (nSPS) is 21.6. The van der Waals surface area contributed by atoms with Crippen LogP contribution in [0.15, 0.2) is 36.4 Å². The number of aryl methyl sites for hydroxylation is 1. The third-order valence-corrected chi connectivity index (χ3v) is 4.93. The van der Waals surface area contributed by atoms with Crippen LogP contribution in [0.3, 0.4) is 0 Å². The molecule has 5 heteroatoms. The quantitative estimate of drug-likeness (QED) is 0.839. The molecule has 5 nitrogen and oxygen atoms in total. The Kier molecular flexibility index (Phi) is 5.31. The standard InChI is InChI=1S/C21H27NO4/c1-13-10-16(25-6)8-9-17(13)18-11-21(19(24)26-7,22-15(3)23)12-20(4,5)14(18)2/h8-11H,2,12H2,1,3-7H3,(H,22,23)/t21-/m1/s1. The van der Waals surface area contributed by atoms with E-state index in [1.165, 1.54) is 14.0 Å². The maximum atomic E-state index is 12.6. The van der Waals surface area contributed by atoms with Crippen molar-refractivity contribution in [2.45, 2.75) is 39.7 Å². The van der Waals surface area contributed by atoms with Gasteiger partial charge in [0.15, 0.2) is 5.54 Å². The van der Waals surface area contributed by atoms with Crippen LogP contribution in [0.5, 0.6) is 5.75 Å². The fraction of sp³-hybridized carbons (Fsp3) is 0.429. The topological polar surface area (TPSA) is 64.6 Å². The summed E-state index contributed by atoms with van der Waals surface area (Å²) in [5, 5.41) is 2.81. The first kappa shape index (κ1) is 19.8. The van der Waals surface area contributed by atoms with Crippen molar-refractivity contribution in [2.75, 3.05) is 14.2 Å². The zero-order valence-corrected chi connectivity index (χ0v) is 16.4. The SMILES string of the molecule is C=C1C(c2ccc(OC)cc2C)=C[C@](NC(C)=O)(C(=O)OC)CC1(C)C. The lowest BCUT2D eigenvalue weighted by molar-refractivity contribution is -0.149. The highest BCUT2D eigenvalue weighted by Gasteiger charge is 2.48. The minimum atomic E-state index is -1.23. The van der Waals surface area contributed by atoms with Gasteiger partial charge in [-0.05, 0) is 59.2 Å². The van der Waals surface area contributed by atoms with Crippen LogP contribution in [0.4, 0.5) is 0 Å². The highest BCUT2D eigenvalue weighted by atomic mass is 16.5. The molecule has 0 aromatic heterocycles. The number of hydrogen-bond acceptors (Lipinski definition) is 4. The van der Waals surface area contributed by atoms with Gasteiger partial charge in [0.25, 0.3) is 0 Å². The van der Waals surface area contributed by atoms with Crippen molar-refractivity contribution in [1.29, 1.82) is 0 Å². The molecule has 0 radical (unpaired) electrons. The fourth-order valence-corrected chi connectivity index (χ4v) is 3.62. The molecule has 1 atom stereocenters. The van der Waals surface area contributed by atoms with Crippen LogP contribution < -0.4 is 10.1 Å². The van der Waals surface area contributed by atoms with Crippen molar-refractivity contribution in [3.63, 3.8) is 0 Å². The molecule has 0 spiro atoms. The van der Waals surface area contributed by atoms with Gasteiger partial charge in [0.05, 0.1) is 14.2 Å². The number of carbonyl (C=O) groups excluding carboxylic acids is 2. The number of allylic oxidation sites excluding steroid dienone is 2. The first-order chi connectivity index (χ1) is 12.1. The lowest BCUT2D eigenvalue weighted by Crippen LogP contribution is -2.57. The lowest BCUT2D eigenvalue weighted by atomic mass is 9.65. The summed E-state index contributed by atoms with van der Waals surface area (Å²) in [6.45, 7) is 11.7. The summed E-state index contributed by atoms with van der Waals surface area (Å²) in [5.74, 6) is -0.0219. The monoisotopic (exact) mass is 357 g/mol. The number of hydrogen-bond donors (Lipinski definition) is 1. The predicted octanol–water partition coefficient (Wildman–Crippen LogP) is 3.42. The van der Waals surface area contributed by atoms with Gasteiger partial charge in [0.1, 0.15) is 5.75 Å². The molecule has 1 aliphatic rings. The summed E-state index contributed by atoms with van der Waals surface area (Å²) in [4.78, 5) is 24.5. The molecule has 1 aromatic carbocycles. The number of rotatable bonds is 4. The second-order valence-corrected chi connectivity index (χ2v) is 7.42. The van der Waals surface area contributed by atoms with E-state index >= 15 is 0 Å². The Balaban J connectivity index is 2.71. The Bertz CT molecular complexity index is 791. The minimum Gasteiger partial charge on any atom is -0.497 e. The fourth-order valence-electron chi connectivity index (χ4n) is 3.62. The van der Waals surface area contributed by atoms with Gasteiger partial charge >= 0.3 is 5.97 Å². The van der Waals surface area contributed by atoms with Crippen LogP contribution in [0.1, 0.15) is 38.3 Å². The molecule has 2 rings (SSSR count). The first-order valence-electron chi connectivity index (χ1n) is 8.51. The van der Waals surface area contributed by atoms with Crippen molar-refractivity contribution in [3.05, 3.63) is 47.6 Å². The Morgan fingerprint density at radius 2 is 1.88 bits per heavy atom. The van der Waals surface area contributed by atoms with Gasteiger partial charge in [-0.2, -0.15) is 0 Å². The number of methoxy groups -OCH3 is 2. The molecule has 0 unspecified atom stereocenters. The van der Waals surface area contributed by atoms with Gasteiger partial charge in [-0.15, -0.1) is 0 Å². The molecule has 0 aliphatic heterocycles. The largest absolute Gasteiger partial charge is 0.497 e. The second kappa shape index (κ2) is 6.98. The van der Waals surface area contributed by atoms with E-state index in [1.807, 2.05) is 39.0 Å². The van der Waals surface area contributed by atoms with E-state index in [9.17, 15) is 9.59 Å². The molecule has 26 heavy (non-hydrogen) atoms. The highest BCUT2D eigenvalue weighted by Crippen LogP contribution is 2.48. The number of amides is 1. The lowest BCUT2D eigenvalue weighted by Gasteiger charge is -2.43. The summed E-state index contributed by atoms with van der Waals surface area (Å²) in [5.41, 5.74) is 2.05. The Morgan fingerprint density at radius 3 is 2.38 bits per heavy atom. The minimum absolute atomic E-state index is 0.291. The smallest absolute Gasteiger partial charge is 0.335 e. The first-order valence-corrected chi connectivity index (χ1v) is 8.51. The molecule has 0 heterocycles. The summed E-state index contributed by atoms with van der Waals surface area (Å²) in [6.07, 6.45) is 2.16. The van der Waals surface area contributed by atoms with Crippen molar-refractivity contribution in [2.24, 2.45) is 5.41 Å². The van der Waals surface area contributed by atoms with Crippen LogP contribution in [-0.2, 0) is 14.3 Å².